The zero-order chi connectivity index (χ0) is 24.5. The molecule has 5 heteroatoms. The molecule has 3 N–H and O–H groups in total. The first-order chi connectivity index (χ1) is 16.9. The summed E-state index contributed by atoms with van der Waals surface area (Å²) in [6.45, 7) is 8.33. The van der Waals surface area contributed by atoms with Gasteiger partial charge >= 0.3 is 5.97 Å². The summed E-state index contributed by atoms with van der Waals surface area (Å²) in [6.07, 6.45) is 5.84. The van der Waals surface area contributed by atoms with E-state index in [-0.39, 0.29) is 11.6 Å². The largest absolute Gasteiger partial charge is 0.478 e. The molecule has 4 aromatic rings. The maximum Gasteiger partial charge on any atom is 0.337 e. The predicted octanol–water partition coefficient (Wildman–Crippen LogP) is 7.31. The van der Waals surface area contributed by atoms with Gasteiger partial charge in [0, 0.05) is 34.8 Å². The summed E-state index contributed by atoms with van der Waals surface area (Å²) in [5, 5.41) is 12.9. The molecule has 0 spiro atoms. The molecule has 0 saturated heterocycles. The van der Waals surface area contributed by atoms with E-state index in [9.17, 15) is 9.90 Å². The van der Waals surface area contributed by atoms with Gasteiger partial charge in [0.05, 0.1) is 11.6 Å². The minimum atomic E-state index is -0.968. The number of aryl methyl sites for hydroxylation is 1. The Morgan fingerprint density at radius 1 is 1.03 bits per heavy atom. The molecular weight excluding hydrogens is 436 g/mol. The number of para-hydroxylation sites is 1. The molecule has 3 aromatic carbocycles. The molecule has 0 aliphatic carbocycles. The Balaban J connectivity index is 1.48. The summed E-state index contributed by atoms with van der Waals surface area (Å²) < 4.78 is 6.48. The Morgan fingerprint density at radius 3 is 2.49 bits per heavy atom. The number of carbonyl (C=O) groups is 1. The molecule has 1 aliphatic rings. The number of aromatic carboxylic acids is 1. The molecule has 0 radical (unpaired) electrons. The summed E-state index contributed by atoms with van der Waals surface area (Å²) >= 11 is 0. The average molecular weight is 463 g/mol. The highest BCUT2D eigenvalue weighted by Crippen LogP contribution is 2.42. The quantitative estimate of drug-likeness (QED) is 0.281. The van der Waals surface area contributed by atoms with Crippen molar-refractivity contribution in [1.29, 1.82) is 0 Å². The molecule has 0 fully saturated rings. The monoisotopic (exact) mass is 462 g/mol. The maximum absolute atomic E-state index is 11.7. The lowest BCUT2D eigenvalue weighted by Crippen LogP contribution is -2.14. The van der Waals surface area contributed by atoms with Gasteiger partial charge in [0.2, 0.25) is 0 Å². The van der Waals surface area contributed by atoms with Crippen molar-refractivity contribution in [2.45, 2.75) is 19.9 Å². The van der Waals surface area contributed by atoms with E-state index in [2.05, 4.69) is 41.1 Å². The Bertz CT molecular complexity index is 1450. The number of hydrogen-bond acceptors (Lipinski definition) is 3. The van der Waals surface area contributed by atoms with E-state index in [1.165, 1.54) is 0 Å². The Labute approximate surface area is 204 Å². The van der Waals surface area contributed by atoms with Crippen LogP contribution >= 0.6 is 0 Å². The van der Waals surface area contributed by atoms with Crippen molar-refractivity contribution < 1.29 is 14.6 Å². The summed E-state index contributed by atoms with van der Waals surface area (Å²) in [6, 6.07) is 21.1. The molecule has 1 aromatic heterocycles. The molecule has 0 bridgehead atoms. The lowest BCUT2D eigenvalue weighted by Gasteiger charge is -2.27. The van der Waals surface area contributed by atoms with Crippen LogP contribution in [0.15, 0.2) is 91.8 Å². The fourth-order valence-corrected chi connectivity index (χ4v) is 4.43. The summed E-state index contributed by atoms with van der Waals surface area (Å²) in [7, 11) is 0. The Hall–Kier alpha value is -4.51. The molecule has 35 heavy (non-hydrogen) atoms. The molecule has 1 atom stereocenters. The van der Waals surface area contributed by atoms with Crippen LogP contribution in [0.1, 0.15) is 45.6 Å². The van der Waals surface area contributed by atoms with Crippen LogP contribution < -0.4 is 10.1 Å². The Kier molecular flexibility index (Phi) is 5.75. The molecule has 1 unspecified atom stereocenters. The molecule has 5 rings (SSSR count). The molecule has 5 nitrogen and oxygen atoms in total. The normalized spacial score (nSPS) is 13.4. The zero-order valence-electron chi connectivity index (χ0n) is 19.6. The number of hydrogen-bond donors (Lipinski definition) is 3. The van der Waals surface area contributed by atoms with Crippen LogP contribution in [0.4, 0.5) is 5.69 Å². The third-order valence-corrected chi connectivity index (χ3v) is 6.22. The lowest BCUT2D eigenvalue weighted by atomic mass is 9.93. The van der Waals surface area contributed by atoms with Crippen LogP contribution in [0.25, 0.3) is 22.5 Å². The number of ether oxygens (including phenoxy) is 1. The average Bonchev–Trinajstić information content (AvgIpc) is 3.39. The summed E-state index contributed by atoms with van der Waals surface area (Å²) in [5.41, 5.74) is 7.84. The standard InChI is InChI=1S/C30H26N2O3/c1-18-14-25-19(2)16-28(22-10-8-21(9-11-22)23-12-13-31-17-23)35-29(25)26(15-18)20(3)32-27-7-5-4-6-24(27)30(33)34/h4-17,20,31-32H,2H2,1,3H3,(H,33,34). The highest BCUT2D eigenvalue weighted by atomic mass is 16.5. The first-order valence-corrected chi connectivity index (χ1v) is 11.5. The van der Waals surface area contributed by atoms with Gasteiger partial charge in [-0.15, -0.1) is 0 Å². The van der Waals surface area contributed by atoms with Gasteiger partial charge < -0.3 is 20.1 Å². The molecule has 0 amide bonds. The number of H-pyrrole nitrogens is 1. The van der Waals surface area contributed by atoms with E-state index in [1.54, 1.807) is 18.2 Å². The SMILES string of the molecule is C=C1C=C(c2ccc(-c3cc[nH]c3)cc2)Oc2c1cc(C)cc2C(C)Nc1ccccc1C(=O)O. The van der Waals surface area contributed by atoms with E-state index in [4.69, 9.17) is 4.74 Å². The minimum Gasteiger partial charge on any atom is -0.478 e. The van der Waals surface area contributed by atoms with Crippen LogP contribution in [0.2, 0.25) is 0 Å². The number of allylic oxidation sites excluding steroid dienone is 2. The van der Waals surface area contributed by atoms with Crippen molar-refractivity contribution in [2.24, 2.45) is 0 Å². The Morgan fingerprint density at radius 2 is 1.77 bits per heavy atom. The van der Waals surface area contributed by atoms with Gasteiger partial charge in [-0.25, -0.2) is 4.79 Å². The topological polar surface area (TPSA) is 74.3 Å². The smallest absolute Gasteiger partial charge is 0.337 e. The second kappa shape index (κ2) is 9.03. The first-order valence-electron chi connectivity index (χ1n) is 11.5. The minimum absolute atomic E-state index is 0.202. The number of fused-ring (bicyclic) bond motifs is 1. The van der Waals surface area contributed by atoms with E-state index in [0.29, 0.717) is 5.69 Å². The predicted molar refractivity (Wildman–Crippen MR) is 140 cm³/mol. The van der Waals surface area contributed by atoms with Crippen molar-refractivity contribution in [3.8, 4) is 16.9 Å². The van der Waals surface area contributed by atoms with Crippen LogP contribution in [-0.4, -0.2) is 16.1 Å². The molecule has 2 heterocycles. The van der Waals surface area contributed by atoms with Crippen molar-refractivity contribution in [1.82, 2.24) is 4.98 Å². The number of rotatable bonds is 6. The van der Waals surface area contributed by atoms with Gasteiger partial charge in [0.15, 0.2) is 0 Å². The molecule has 1 aliphatic heterocycles. The molecule has 0 saturated carbocycles. The highest BCUT2D eigenvalue weighted by molar-refractivity contribution is 5.94. The number of carboxylic acids is 1. The van der Waals surface area contributed by atoms with E-state index in [1.807, 2.05) is 56.6 Å². The maximum atomic E-state index is 11.7. The van der Waals surface area contributed by atoms with Crippen molar-refractivity contribution in [3.63, 3.8) is 0 Å². The van der Waals surface area contributed by atoms with Crippen LogP contribution in [0.5, 0.6) is 5.75 Å². The molecule has 174 valence electrons. The summed E-state index contributed by atoms with van der Waals surface area (Å²) in [5.74, 6) is 0.497. The van der Waals surface area contributed by atoms with Crippen molar-refractivity contribution in [2.75, 3.05) is 5.32 Å². The van der Waals surface area contributed by atoms with Crippen molar-refractivity contribution >= 4 is 23.0 Å². The van der Waals surface area contributed by atoms with E-state index in [0.717, 1.165) is 50.5 Å². The van der Waals surface area contributed by atoms with Gasteiger partial charge in [-0.2, -0.15) is 0 Å². The van der Waals surface area contributed by atoms with Crippen LogP contribution in [-0.2, 0) is 0 Å². The summed E-state index contributed by atoms with van der Waals surface area (Å²) in [4.78, 5) is 14.8. The highest BCUT2D eigenvalue weighted by Gasteiger charge is 2.24. The third-order valence-electron chi connectivity index (χ3n) is 6.22. The van der Waals surface area contributed by atoms with Gasteiger partial charge in [-0.05, 0) is 66.5 Å². The number of carboxylic acid groups (broad SMARTS) is 1. The van der Waals surface area contributed by atoms with Gasteiger partial charge in [0.1, 0.15) is 11.5 Å². The van der Waals surface area contributed by atoms with E-state index < -0.39 is 5.97 Å². The number of aromatic amines is 1. The van der Waals surface area contributed by atoms with Crippen LogP contribution in [0.3, 0.4) is 0 Å². The first kappa shape index (κ1) is 22.3. The fraction of sp³-hybridized carbons (Fsp3) is 0.100. The number of aromatic nitrogens is 1. The number of benzene rings is 3. The van der Waals surface area contributed by atoms with Crippen molar-refractivity contribution in [3.05, 3.63) is 120 Å². The van der Waals surface area contributed by atoms with Crippen LogP contribution in [0, 0.1) is 6.92 Å². The van der Waals surface area contributed by atoms with E-state index >= 15 is 0 Å². The fourth-order valence-electron chi connectivity index (χ4n) is 4.43. The third kappa shape index (κ3) is 4.36. The van der Waals surface area contributed by atoms with Gasteiger partial charge in [-0.1, -0.05) is 49.0 Å². The number of anilines is 1. The van der Waals surface area contributed by atoms with Gasteiger partial charge in [0.25, 0.3) is 0 Å². The molecular formula is C30H26N2O3. The zero-order valence-corrected chi connectivity index (χ0v) is 19.6. The second-order valence-corrected chi connectivity index (χ2v) is 8.76. The second-order valence-electron chi connectivity index (χ2n) is 8.76. The number of nitrogens with one attached hydrogen (secondary N) is 2. The van der Waals surface area contributed by atoms with Gasteiger partial charge in [-0.3, -0.25) is 0 Å². The lowest BCUT2D eigenvalue weighted by molar-refractivity contribution is 0.0698.